The first-order valence-electron chi connectivity index (χ1n) is 8.05. The number of benzene rings is 1. The van der Waals surface area contributed by atoms with E-state index in [0.29, 0.717) is 12.1 Å². The standard InChI is InChI=1S/C18H22N4O/c1-2-19-18(23)15-8-9-21-17(12-15)22-11-10-20-16(13-22)14-6-4-3-5-7-14/h3-9,12,16,20H,2,10-11,13H2,1H3,(H,19,23)/t16-/m1/s1. The third-order valence-electron chi connectivity index (χ3n) is 4.05. The highest BCUT2D eigenvalue weighted by molar-refractivity contribution is 5.94. The number of piperazine rings is 1. The molecule has 120 valence electrons. The van der Waals surface area contributed by atoms with Crippen LogP contribution >= 0.6 is 0 Å². The van der Waals surface area contributed by atoms with E-state index < -0.39 is 0 Å². The van der Waals surface area contributed by atoms with E-state index in [2.05, 4.69) is 44.8 Å². The van der Waals surface area contributed by atoms with E-state index in [1.165, 1.54) is 5.56 Å². The van der Waals surface area contributed by atoms with Gasteiger partial charge in [0.15, 0.2) is 0 Å². The topological polar surface area (TPSA) is 57.3 Å². The molecule has 2 heterocycles. The molecule has 1 aliphatic heterocycles. The molecule has 0 saturated carbocycles. The third-order valence-corrected chi connectivity index (χ3v) is 4.05. The Morgan fingerprint density at radius 3 is 2.96 bits per heavy atom. The van der Waals surface area contributed by atoms with E-state index in [4.69, 9.17) is 0 Å². The molecular formula is C18H22N4O. The Kier molecular flexibility index (Phi) is 4.88. The van der Waals surface area contributed by atoms with E-state index >= 15 is 0 Å². The second-order valence-corrected chi connectivity index (χ2v) is 5.63. The lowest BCUT2D eigenvalue weighted by Gasteiger charge is -2.34. The summed E-state index contributed by atoms with van der Waals surface area (Å²) >= 11 is 0. The first-order chi connectivity index (χ1) is 11.3. The summed E-state index contributed by atoms with van der Waals surface area (Å²) in [6.07, 6.45) is 1.71. The molecule has 0 bridgehead atoms. The summed E-state index contributed by atoms with van der Waals surface area (Å²) < 4.78 is 0. The number of nitrogens with zero attached hydrogens (tertiary/aromatic N) is 2. The quantitative estimate of drug-likeness (QED) is 0.907. The fourth-order valence-electron chi connectivity index (χ4n) is 2.86. The van der Waals surface area contributed by atoms with Crippen LogP contribution in [0, 0.1) is 0 Å². The number of rotatable bonds is 4. The second kappa shape index (κ2) is 7.24. The first kappa shape index (κ1) is 15.5. The van der Waals surface area contributed by atoms with Crippen LogP contribution in [0.5, 0.6) is 0 Å². The summed E-state index contributed by atoms with van der Waals surface area (Å²) in [5, 5.41) is 6.37. The van der Waals surface area contributed by atoms with Crippen LogP contribution in [-0.4, -0.2) is 37.1 Å². The monoisotopic (exact) mass is 310 g/mol. The van der Waals surface area contributed by atoms with Crippen molar-refractivity contribution in [1.82, 2.24) is 15.6 Å². The van der Waals surface area contributed by atoms with Gasteiger partial charge >= 0.3 is 0 Å². The molecular weight excluding hydrogens is 288 g/mol. The van der Waals surface area contributed by atoms with Crippen LogP contribution in [0.25, 0.3) is 0 Å². The van der Waals surface area contributed by atoms with Crippen LogP contribution in [0.15, 0.2) is 48.7 Å². The highest BCUT2D eigenvalue weighted by atomic mass is 16.1. The molecule has 1 fully saturated rings. The number of hydrogen-bond donors (Lipinski definition) is 2. The second-order valence-electron chi connectivity index (χ2n) is 5.63. The van der Waals surface area contributed by atoms with Gasteiger partial charge in [-0.2, -0.15) is 0 Å². The van der Waals surface area contributed by atoms with Gasteiger partial charge in [0.2, 0.25) is 0 Å². The van der Waals surface area contributed by atoms with Crippen molar-refractivity contribution in [2.75, 3.05) is 31.1 Å². The van der Waals surface area contributed by atoms with E-state index in [1.807, 2.05) is 19.1 Å². The lowest BCUT2D eigenvalue weighted by Crippen LogP contribution is -2.46. The van der Waals surface area contributed by atoms with E-state index in [9.17, 15) is 4.79 Å². The molecule has 2 N–H and O–H groups in total. The van der Waals surface area contributed by atoms with Crippen molar-refractivity contribution in [3.05, 3.63) is 59.8 Å². The minimum atomic E-state index is -0.0501. The van der Waals surface area contributed by atoms with Gasteiger partial charge in [0, 0.05) is 44.0 Å². The first-order valence-corrected chi connectivity index (χ1v) is 8.05. The average Bonchev–Trinajstić information content (AvgIpc) is 2.63. The van der Waals surface area contributed by atoms with Gasteiger partial charge in [-0.1, -0.05) is 30.3 Å². The highest BCUT2D eigenvalue weighted by Crippen LogP contribution is 2.21. The SMILES string of the molecule is CCNC(=O)c1ccnc(N2CCN[C@@H](c3ccccc3)C2)c1. The van der Waals surface area contributed by atoms with Gasteiger partial charge in [0.25, 0.3) is 5.91 Å². The Balaban J connectivity index is 1.76. The molecule has 23 heavy (non-hydrogen) atoms. The molecule has 1 amide bonds. The van der Waals surface area contributed by atoms with Crippen molar-refractivity contribution >= 4 is 11.7 Å². The van der Waals surface area contributed by atoms with Crippen LogP contribution in [-0.2, 0) is 0 Å². The third kappa shape index (κ3) is 3.68. The molecule has 1 aromatic carbocycles. The zero-order valence-corrected chi connectivity index (χ0v) is 13.3. The van der Waals surface area contributed by atoms with Crippen molar-refractivity contribution in [2.45, 2.75) is 13.0 Å². The number of carbonyl (C=O) groups is 1. The van der Waals surface area contributed by atoms with Gasteiger partial charge in [0.1, 0.15) is 5.82 Å². The molecule has 0 unspecified atom stereocenters. The predicted molar refractivity (Wildman–Crippen MR) is 91.6 cm³/mol. The number of hydrogen-bond acceptors (Lipinski definition) is 4. The Labute approximate surface area is 136 Å². The van der Waals surface area contributed by atoms with E-state index in [0.717, 1.165) is 25.5 Å². The largest absolute Gasteiger partial charge is 0.353 e. The Hall–Kier alpha value is -2.40. The van der Waals surface area contributed by atoms with Crippen molar-refractivity contribution in [3.8, 4) is 0 Å². The molecule has 1 atom stereocenters. The van der Waals surface area contributed by atoms with Gasteiger partial charge in [-0.25, -0.2) is 4.98 Å². The average molecular weight is 310 g/mol. The molecule has 5 nitrogen and oxygen atoms in total. The van der Waals surface area contributed by atoms with Crippen LogP contribution in [0.4, 0.5) is 5.82 Å². The van der Waals surface area contributed by atoms with Crippen LogP contribution < -0.4 is 15.5 Å². The van der Waals surface area contributed by atoms with Gasteiger partial charge in [-0.15, -0.1) is 0 Å². The maximum absolute atomic E-state index is 12.0. The zero-order valence-electron chi connectivity index (χ0n) is 13.3. The number of amides is 1. The summed E-state index contributed by atoms with van der Waals surface area (Å²) in [4.78, 5) is 18.7. The molecule has 1 saturated heterocycles. The van der Waals surface area contributed by atoms with Gasteiger partial charge in [0.05, 0.1) is 0 Å². The lowest BCUT2D eigenvalue weighted by atomic mass is 10.0. The molecule has 0 aliphatic carbocycles. The summed E-state index contributed by atoms with van der Waals surface area (Å²) in [6.45, 7) is 5.17. The minimum absolute atomic E-state index is 0.0501. The summed E-state index contributed by atoms with van der Waals surface area (Å²) in [5.41, 5.74) is 1.93. The normalized spacial score (nSPS) is 17.8. The fraction of sp³-hybridized carbons (Fsp3) is 0.333. The van der Waals surface area contributed by atoms with Crippen molar-refractivity contribution in [3.63, 3.8) is 0 Å². The fourth-order valence-corrected chi connectivity index (χ4v) is 2.86. The maximum atomic E-state index is 12.0. The number of carbonyl (C=O) groups excluding carboxylic acids is 1. The Morgan fingerprint density at radius 1 is 1.35 bits per heavy atom. The van der Waals surface area contributed by atoms with Gasteiger partial charge in [-0.3, -0.25) is 4.79 Å². The molecule has 3 rings (SSSR count). The molecule has 0 spiro atoms. The Morgan fingerprint density at radius 2 is 2.17 bits per heavy atom. The summed E-state index contributed by atoms with van der Waals surface area (Å²) in [7, 11) is 0. The smallest absolute Gasteiger partial charge is 0.251 e. The van der Waals surface area contributed by atoms with Crippen molar-refractivity contribution in [2.24, 2.45) is 0 Å². The van der Waals surface area contributed by atoms with Gasteiger partial charge < -0.3 is 15.5 Å². The van der Waals surface area contributed by atoms with Crippen molar-refractivity contribution < 1.29 is 4.79 Å². The van der Waals surface area contributed by atoms with Crippen LogP contribution in [0.1, 0.15) is 28.9 Å². The molecule has 0 radical (unpaired) electrons. The van der Waals surface area contributed by atoms with Gasteiger partial charge in [-0.05, 0) is 24.6 Å². The number of aromatic nitrogens is 1. The maximum Gasteiger partial charge on any atom is 0.251 e. The summed E-state index contributed by atoms with van der Waals surface area (Å²) in [6, 6.07) is 14.3. The number of nitrogens with one attached hydrogen (secondary N) is 2. The summed E-state index contributed by atoms with van der Waals surface area (Å²) in [5.74, 6) is 0.807. The number of anilines is 1. The van der Waals surface area contributed by atoms with Crippen molar-refractivity contribution in [1.29, 1.82) is 0 Å². The molecule has 2 aromatic rings. The van der Waals surface area contributed by atoms with Crippen LogP contribution in [0.3, 0.4) is 0 Å². The number of pyridine rings is 1. The van der Waals surface area contributed by atoms with Crippen LogP contribution in [0.2, 0.25) is 0 Å². The predicted octanol–water partition coefficient (Wildman–Crippen LogP) is 1.98. The highest BCUT2D eigenvalue weighted by Gasteiger charge is 2.22. The minimum Gasteiger partial charge on any atom is -0.353 e. The molecule has 1 aromatic heterocycles. The van der Waals surface area contributed by atoms with E-state index in [1.54, 1.807) is 12.3 Å². The molecule has 1 aliphatic rings. The molecule has 5 heteroatoms. The Bertz CT molecular complexity index is 659. The van der Waals surface area contributed by atoms with E-state index in [-0.39, 0.29) is 11.9 Å². The zero-order chi connectivity index (χ0) is 16.1. The lowest BCUT2D eigenvalue weighted by molar-refractivity contribution is 0.0955.